The normalized spacial score (nSPS) is 16.6. The van der Waals surface area contributed by atoms with Gasteiger partial charge in [-0.1, -0.05) is 12.1 Å². The van der Waals surface area contributed by atoms with Crippen LogP contribution in [0, 0.1) is 0 Å². The van der Waals surface area contributed by atoms with E-state index >= 15 is 0 Å². The first kappa shape index (κ1) is 21.3. The van der Waals surface area contributed by atoms with Gasteiger partial charge in [0.25, 0.3) is 0 Å². The van der Waals surface area contributed by atoms with Crippen molar-refractivity contribution in [1.29, 1.82) is 0 Å². The van der Waals surface area contributed by atoms with Crippen LogP contribution in [0.4, 0.5) is 0 Å². The van der Waals surface area contributed by atoms with E-state index in [4.69, 9.17) is 14.6 Å². The lowest BCUT2D eigenvalue weighted by Crippen LogP contribution is -2.47. The van der Waals surface area contributed by atoms with Crippen molar-refractivity contribution in [2.75, 3.05) is 13.2 Å². The molecule has 0 aliphatic carbocycles. The Morgan fingerprint density at radius 1 is 1.04 bits per heavy atom. The lowest BCUT2D eigenvalue weighted by Gasteiger charge is -2.25. The van der Waals surface area contributed by atoms with Crippen molar-refractivity contribution in [2.24, 2.45) is 0 Å². The van der Waals surface area contributed by atoms with Crippen LogP contribution in [0.2, 0.25) is 0 Å². The Bertz CT molecular complexity index is 554. The Hall–Kier alpha value is -1.71. The Kier molecular flexibility index (Phi) is 7.78. The molecular formula is C17H26O8. The molecule has 0 saturated heterocycles. The second kappa shape index (κ2) is 9.12. The van der Waals surface area contributed by atoms with E-state index in [-0.39, 0.29) is 5.56 Å². The first-order valence-electron chi connectivity index (χ1n) is 7.85. The highest BCUT2D eigenvalue weighted by atomic mass is 16.5. The van der Waals surface area contributed by atoms with Gasteiger partial charge in [-0.15, -0.1) is 0 Å². The Balaban J connectivity index is 2.71. The number of aliphatic hydroxyl groups is 5. The molecule has 0 saturated carbocycles. The molecule has 5 N–H and O–H groups in total. The van der Waals surface area contributed by atoms with Gasteiger partial charge in [-0.3, -0.25) is 0 Å². The fourth-order valence-electron chi connectivity index (χ4n) is 1.95. The Morgan fingerprint density at radius 3 is 2.16 bits per heavy atom. The molecule has 0 aromatic heterocycles. The summed E-state index contributed by atoms with van der Waals surface area (Å²) in [5, 5.41) is 47.0. The summed E-state index contributed by atoms with van der Waals surface area (Å²) in [7, 11) is 0. The fraction of sp³-hybridized carbons (Fsp3) is 0.588. The molecule has 8 nitrogen and oxygen atoms in total. The van der Waals surface area contributed by atoms with Gasteiger partial charge in [0.2, 0.25) is 0 Å². The number of hydrogen-bond acceptors (Lipinski definition) is 8. The van der Waals surface area contributed by atoms with Gasteiger partial charge in [0.05, 0.1) is 6.61 Å². The summed E-state index contributed by atoms with van der Waals surface area (Å²) >= 11 is 0. The average Bonchev–Trinajstić information content (AvgIpc) is 2.56. The molecule has 1 aromatic carbocycles. The van der Waals surface area contributed by atoms with Gasteiger partial charge in [0.1, 0.15) is 47.9 Å². The summed E-state index contributed by atoms with van der Waals surface area (Å²) in [5.74, 6) is -0.464. The molecule has 142 valence electrons. The maximum Gasteiger partial charge on any atom is 0.342 e. The van der Waals surface area contributed by atoms with Crippen LogP contribution in [-0.2, 0) is 4.74 Å². The maximum absolute atomic E-state index is 12.2. The monoisotopic (exact) mass is 358 g/mol. The second-order valence-corrected chi connectivity index (χ2v) is 6.61. The molecule has 0 unspecified atom stereocenters. The predicted molar refractivity (Wildman–Crippen MR) is 88.2 cm³/mol. The predicted octanol–water partition coefficient (Wildman–Crippen LogP) is -0.543. The molecule has 0 aliphatic rings. The van der Waals surface area contributed by atoms with E-state index in [1.165, 1.54) is 6.07 Å². The summed E-state index contributed by atoms with van der Waals surface area (Å²) in [5.41, 5.74) is -0.383. The van der Waals surface area contributed by atoms with E-state index in [2.05, 4.69) is 0 Å². The van der Waals surface area contributed by atoms with E-state index in [0.29, 0.717) is 5.75 Å². The highest BCUT2D eigenvalue weighted by molar-refractivity contribution is 5.92. The molecule has 4 atom stereocenters. The third kappa shape index (κ3) is 6.60. The number of ether oxygens (including phenoxy) is 2. The van der Waals surface area contributed by atoms with E-state index in [1.807, 2.05) is 20.8 Å². The summed E-state index contributed by atoms with van der Waals surface area (Å²) in [6.45, 7) is 4.07. The maximum atomic E-state index is 12.2. The van der Waals surface area contributed by atoms with Crippen molar-refractivity contribution in [1.82, 2.24) is 0 Å². The van der Waals surface area contributed by atoms with Crippen LogP contribution in [0.5, 0.6) is 5.75 Å². The molecular weight excluding hydrogens is 332 g/mol. The zero-order valence-corrected chi connectivity index (χ0v) is 14.5. The third-order valence-corrected chi connectivity index (χ3v) is 3.23. The zero-order chi connectivity index (χ0) is 19.2. The highest BCUT2D eigenvalue weighted by Crippen LogP contribution is 2.23. The van der Waals surface area contributed by atoms with E-state index in [0.717, 1.165) is 0 Å². The number of para-hydroxylation sites is 1. The van der Waals surface area contributed by atoms with E-state index in [1.54, 1.807) is 18.2 Å². The number of carbonyl (C=O) groups excluding carboxylic acids is 1. The summed E-state index contributed by atoms with van der Waals surface area (Å²) in [6.07, 6.45) is -6.84. The van der Waals surface area contributed by atoms with Crippen LogP contribution in [0.3, 0.4) is 0 Å². The van der Waals surface area contributed by atoms with Crippen LogP contribution in [0.1, 0.15) is 31.1 Å². The highest BCUT2D eigenvalue weighted by Gasteiger charge is 2.31. The summed E-state index contributed by atoms with van der Waals surface area (Å²) in [6, 6.07) is 6.42. The first-order valence-corrected chi connectivity index (χ1v) is 7.85. The van der Waals surface area contributed by atoms with Gasteiger partial charge < -0.3 is 35.0 Å². The first-order chi connectivity index (χ1) is 11.6. The van der Waals surface area contributed by atoms with Crippen molar-refractivity contribution in [3.8, 4) is 5.75 Å². The number of carbonyl (C=O) groups is 1. The number of esters is 1. The summed E-state index contributed by atoms with van der Waals surface area (Å²) in [4.78, 5) is 12.2. The van der Waals surface area contributed by atoms with E-state index in [9.17, 15) is 25.2 Å². The molecule has 0 spiro atoms. The van der Waals surface area contributed by atoms with Gasteiger partial charge in [-0.25, -0.2) is 4.79 Å². The molecule has 0 fully saturated rings. The van der Waals surface area contributed by atoms with Crippen molar-refractivity contribution >= 4 is 5.97 Å². The molecule has 0 amide bonds. The minimum atomic E-state index is -1.80. The standard InChI is InChI=1S/C17H26O8/c1-17(2,3)25-13-7-5-4-6-10(13)16(23)24-9-12(20)15(22)14(21)11(19)8-18/h4-7,11-12,14-15,18-22H,8-9H2,1-3H3/t11-,12+,14+,15+/m0/s1. The van der Waals surface area contributed by atoms with Crippen molar-refractivity contribution in [2.45, 2.75) is 50.8 Å². The number of hydrogen-bond donors (Lipinski definition) is 5. The minimum absolute atomic E-state index is 0.148. The molecule has 0 bridgehead atoms. The van der Waals surface area contributed by atoms with Crippen molar-refractivity contribution in [3.63, 3.8) is 0 Å². The number of benzene rings is 1. The van der Waals surface area contributed by atoms with Crippen LogP contribution in [0.15, 0.2) is 24.3 Å². The van der Waals surface area contributed by atoms with Gasteiger partial charge in [0, 0.05) is 0 Å². The molecule has 0 aliphatic heterocycles. The van der Waals surface area contributed by atoms with Gasteiger partial charge in [0.15, 0.2) is 0 Å². The Labute approximate surface area is 146 Å². The smallest absolute Gasteiger partial charge is 0.342 e. The quantitative estimate of drug-likeness (QED) is 0.391. The summed E-state index contributed by atoms with van der Waals surface area (Å²) < 4.78 is 10.6. The van der Waals surface area contributed by atoms with Gasteiger partial charge in [-0.2, -0.15) is 0 Å². The Morgan fingerprint density at radius 2 is 1.60 bits per heavy atom. The SMILES string of the molecule is CC(C)(C)Oc1ccccc1C(=O)OC[C@@H](O)[C@@H](O)[C@H](O)[C@@H](O)CO. The second-order valence-electron chi connectivity index (χ2n) is 6.61. The van der Waals surface area contributed by atoms with Crippen LogP contribution < -0.4 is 4.74 Å². The zero-order valence-electron chi connectivity index (χ0n) is 14.5. The minimum Gasteiger partial charge on any atom is -0.487 e. The van der Waals surface area contributed by atoms with Crippen molar-refractivity contribution < 1.29 is 39.8 Å². The molecule has 8 heteroatoms. The number of aliphatic hydroxyl groups excluding tert-OH is 5. The average molecular weight is 358 g/mol. The van der Waals surface area contributed by atoms with E-state index < -0.39 is 49.2 Å². The van der Waals surface area contributed by atoms with Crippen LogP contribution in [-0.4, -0.2) is 74.7 Å². The van der Waals surface area contributed by atoms with Gasteiger partial charge in [-0.05, 0) is 32.9 Å². The molecule has 1 rings (SSSR count). The number of rotatable bonds is 8. The lowest BCUT2D eigenvalue weighted by atomic mass is 10.0. The van der Waals surface area contributed by atoms with Crippen LogP contribution in [0.25, 0.3) is 0 Å². The van der Waals surface area contributed by atoms with Crippen molar-refractivity contribution in [3.05, 3.63) is 29.8 Å². The molecule has 0 radical (unpaired) electrons. The third-order valence-electron chi connectivity index (χ3n) is 3.23. The van der Waals surface area contributed by atoms with Crippen LogP contribution >= 0.6 is 0 Å². The molecule has 25 heavy (non-hydrogen) atoms. The molecule has 1 aromatic rings. The lowest BCUT2D eigenvalue weighted by molar-refractivity contribution is -0.124. The largest absolute Gasteiger partial charge is 0.487 e. The fourth-order valence-corrected chi connectivity index (χ4v) is 1.95. The molecule has 0 heterocycles. The van der Waals surface area contributed by atoms with Gasteiger partial charge >= 0.3 is 5.97 Å². The topological polar surface area (TPSA) is 137 Å².